The van der Waals surface area contributed by atoms with Crippen molar-refractivity contribution in [2.24, 2.45) is 0 Å². The lowest BCUT2D eigenvalue weighted by Gasteiger charge is -2.33. The van der Waals surface area contributed by atoms with Crippen LogP contribution in [0.5, 0.6) is 5.75 Å². The predicted molar refractivity (Wildman–Crippen MR) is 101 cm³/mol. The molecule has 1 saturated heterocycles. The molecule has 0 aromatic heterocycles. The molecule has 26 heavy (non-hydrogen) atoms. The standard InChI is InChI=1S/C20H25NO4S/c1-14-7-5-6-8-17(14)19-13-21(9-10-25-19)26(22,23)20-12-16(3)15(2)11-18(20)24-4/h5-8,11-12,19H,9-10,13H2,1-4H3. The van der Waals surface area contributed by atoms with Crippen LogP contribution in [0, 0.1) is 20.8 Å². The summed E-state index contributed by atoms with van der Waals surface area (Å²) in [7, 11) is -2.17. The molecule has 0 saturated carbocycles. The van der Waals surface area contributed by atoms with Gasteiger partial charge in [-0.15, -0.1) is 0 Å². The van der Waals surface area contributed by atoms with Crippen molar-refractivity contribution in [3.05, 3.63) is 58.7 Å². The Bertz CT molecular complexity index is 908. The molecule has 1 aliphatic heterocycles. The molecule has 0 bridgehead atoms. The quantitative estimate of drug-likeness (QED) is 0.822. The largest absolute Gasteiger partial charge is 0.495 e. The summed E-state index contributed by atoms with van der Waals surface area (Å²) in [6, 6.07) is 11.4. The van der Waals surface area contributed by atoms with Gasteiger partial charge >= 0.3 is 0 Å². The van der Waals surface area contributed by atoms with Crippen LogP contribution in [-0.2, 0) is 14.8 Å². The molecular weight excluding hydrogens is 350 g/mol. The minimum atomic E-state index is -3.67. The number of aryl methyl sites for hydroxylation is 3. The number of benzene rings is 2. The molecule has 1 fully saturated rings. The van der Waals surface area contributed by atoms with Gasteiger partial charge in [0, 0.05) is 13.1 Å². The molecule has 3 rings (SSSR count). The van der Waals surface area contributed by atoms with Gasteiger partial charge in [-0.3, -0.25) is 0 Å². The summed E-state index contributed by atoms with van der Waals surface area (Å²) in [5.74, 6) is 0.382. The minimum Gasteiger partial charge on any atom is -0.495 e. The van der Waals surface area contributed by atoms with Crippen LogP contribution in [-0.4, -0.2) is 39.5 Å². The van der Waals surface area contributed by atoms with Crippen LogP contribution in [0.2, 0.25) is 0 Å². The van der Waals surface area contributed by atoms with Crippen LogP contribution in [0.1, 0.15) is 28.4 Å². The molecule has 2 aromatic carbocycles. The maximum absolute atomic E-state index is 13.3. The Labute approximate surface area is 155 Å². The lowest BCUT2D eigenvalue weighted by atomic mass is 10.0. The van der Waals surface area contributed by atoms with E-state index in [2.05, 4.69) is 0 Å². The van der Waals surface area contributed by atoms with Crippen molar-refractivity contribution in [2.75, 3.05) is 26.8 Å². The molecule has 5 nitrogen and oxygen atoms in total. The second-order valence-electron chi connectivity index (χ2n) is 6.67. The molecule has 1 atom stereocenters. The second kappa shape index (κ2) is 7.39. The first-order chi connectivity index (χ1) is 12.3. The van der Waals surface area contributed by atoms with Gasteiger partial charge in [0.1, 0.15) is 10.6 Å². The van der Waals surface area contributed by atoms with Crippen molar-refractivity contribution < 1.29 is 17.9 Å². The van der Waals surface area contributed by atoms with Crippen LogP contribution >= 0.6 is 0 Å². The van der Waals surface area contributed by atoms with Gasteiger partial charge in [0.15, 0.2) is 0 Å². The van der Waals surface area contributed by atoms with Gasteiger partial charge in [-0.25, -0.2) is 8.42 Å². The normalized spacial score (nSPS) is 18.7. The monoisotopic (exact) mass is 375 g/mol. The SMILES string of the molecule is COc1cc(C)c(C)cc1S(=O)(=O)N1CCOC(c2ccccc2C)C1. The average molecular weight is 375 g/mol. The van der Waals surface area contributed by atoms with Crippen LogP contribution < -0.4 is 4.74 Å². The molecule has 0 aliphatic carbocycles. The maximum atomic E-state index is 13.3. The third-order valence-corrected chi connectivity index (χ3v) is 6.85. The third-order valence-electron chi connectivity index (χ3n) is 4.96. The first kappa shape index (κ1) is 18.9. The van der Waals surface area contributed by atoms with E-state index in [1.54, 1.807) is 12.1 Å². The zero-order valence-corrected chi connectivity index (χ0v) is 16.5. The number of ether oxygens (including phenoxy) is 2. The van der Waals surface area contributed by atoms with E-state index in [4.69, 9.17) is 9.47 Å². The fourth-order valence-corrected chi connectivity index (χ4v) is 4.89. The first-order valence-corrected chi connectivity index (χ1v) is 10.1. The van der Waals surface area contributed by atoms with Crippen LogP contribution in [0.25, 0.3) is 0 Å². The number of sulfonamides is 1. The van der Waals surface area contributed by atoms with Gasteiger partial charge in [0.2, 0.25) is 10.0 Å². The molecule has 1 unspecified atom stereocenters. The highest BCUT2D eigenvalue weighted by molar-refractivity contribution is 7.89. The molecule has 0 N–H and O–H groups in total. The van der Waals surface area contributed by atoms with Gasteiger partial charge < -0.3 is 9.47 Å². The Morgan fingerprint density at radius 2 is 1.77 bits per heavy atom. The Balaban J connectivity index is 1.95. The van der Waals surface area contributed by atoms with Gasteiger partial charge in [-0.1, -0.05) is 24.3 Å². The highest BCUT2D eigenvalue weighted by atomic mass is 32.2. The second-order valence-corrected chi connectivity index (χ2v) is 8.57. The van der Waals surface area contributed by atoms with E-state index in [9.17, 15) is 8.42 Å². The summed E-state index contributed by atoms with van der Waals surface area (Å²) < 4.78 is 39.3. The molecule has 140 valence electrons. The van der Waals surface area contributed by atoms with Crippen molar-refractivity contribution in [1.82, 2.24) is 4.31 Å². The summed E-state index contributed by atoms with van der Waals surface area (Å²) >= 11 is 0. The molecule has 1 aliphatic rings. The first-order valence-electron chi connectivity index (χ1n) is 8.67. The number of hydrogen-bond donors (Lipinski definition) is 0. The average Bonchev–Trinajstić information content (AvgIpc) is 2.64. The maximum Gasteiger partial charge on any atom is 0.246 e. The van der Waals surface area contributed by atoms with Crippen molar-refractivity contribution in [1.29, 1.82) is 0 Å². The van der Waals surface area contributed by atoms with E-state index in [-0.39, 0.29) is 11.0 Å². The van der Waals surface area contributed by atoms with E-state index in [1.165, 1.54) is 11.4 Å². The van der Waals surface area contributed by atoms with Gasteiger partial charge in [-0.05, 0) is 55.2 Å². The summed E-state index contributed by atoms with van der Waals surface area (Å²) in [6.07, 6.45) is -0.266. The van der Waals surface area contributed by atoms with E-state index >= 15 is 0 Å². The topological polar surface area (TPSA) is 55.8 Å². The summed E-state index contributed by atoms with van der Waals surface area (Å²) in [5, 5.41) is 0. The summed E-state index contributed by atoms with van der Waals surface area (Å²) in [6.45, 7) is 6.86. The molecule has 0 amide bonds. The Morgan fingerprint density at radius 1 is 1.08 bits per heavy atom. The summed E-state index contributed by atoms with van der Waals surface area (Å²) in [5.41, 5.74) is 4.05. The van der Waals surface area contributed by atoms with E-state index < -0.39 is 10.0 Å². The van der Waals surface area contributed by atoms with Crippen LogP contribution in [0.4, 0.5) is 0 Å². The highest BCUT2D eigenvalue weighted by Crippen LogP contribution is 2.33. The molecule has 0 spiro atoms. The molecule has 0 radical (unpaired) electrons. The van der Waals surface area contributed by atoms with Gasteiger partial charge in [0.05, 0.1) is 19.8 Å². The molecule has 6 heteroatoms. The summed E-state index contributed by atoms with van der Waals surface area (Å²) in [4.78, 5) is 0.216. The Kier molecular flexibility index (Phi) is 5.37. The van der Waals surface area contributed by atoms with Crippen LogP contribution in [0.15, 0.2) is 41.3 Å². The third kappa shape index (κ3) is 3.49. The fraction of sp³-hybridized carbons (Fsp3) is 0.400. The number of methoxy groups -OCH3 is 1. The van der Waals surface area contributed by atoms with Crippen molar-refractivity contribution in [3.8, 4) is 5.75 Å². The number of rotatable bonds is 4. The number of nitrogens with zero attached hydrogens (tertiary/aromatic N) is 1. The fourth-order valence-electron chi connectivity index (χ4n) is 3.24. The number of morpholine rings is 1. The van der Waals surface area contributed by atoms with E-state index in [0.29, 0.717) is 25.4 Å². The van der Waals surface area contributed by atoms with Crippen molar-refractivity contribution in [3.63, 3.8) is 0 Å². The van der Waals surface area contributed by atoms with Gasteiger partial charge in [0.25, 0.3) is 0 Å². The van der Waals surface area contributed by atoms with E-state index in [1.807, 2.05) is 45.0 Å². The molecular formula is C20H25NO4S. The minimum absolute atomic E-state index is 0.216. The Morgan fingerprint density at radius 3 is 2.46 bits per heavy atom. The smallest absolute Gasteiger partial charge is 0.246 e. The van der Waals surface area contributed by atoms with Crippen molar-refractivity contribution in [2.45, 2.75) is 31.8 Å². The molecule has 1 heterocycles. The lowest BCUT2D eigenvalue weighted by molar-refractivity contribution is -0.00292. The lowest BCUT2D eigenvalue weighted by Crippen LogP contribution is -2.42. The highest BCUT2D eigenvalue weighted by Gasteiger charge is 2.34. The van der Waals surface area contributed by atoms with Gasteiger partial charge in [-0.2, -0.15) is 4.31 Å². The predicted octanol–water partition coefficient (Wildman–Crippen LogP) is 3.38. The van der Waals surface area contributed by atoms with Crippen LogP contribution in [0.3, 0.4) is 0 Å². The Hall–Kier alpha value is -1.89. The number of hydrogen-bond acceptors (Lipinski definition) is 4. The van der Waals surface area contributed by atoms with Crippen molar-refractivity contribution >= 4 is 10.0 Å². The molecule has 2 aromatic rings. The van der Waals surface area contributed by atoms with E-state index in [0.717, 1.165) is 22.3 Å². The zero-order chi connectivity index (χ0) is 18.9. The zero-order valence-electron chi connectivity index (χ0n) is 15.7.